The van der Waals surface area contributed by atoms with Crippen LogP contribution in [0.15, 0.2) is 16.6 Å². The zero-order valence-corrected chi connectivity index (χ0v) is 11.7. The van der Waals surface area contributed by atoms with E-state index in [1.54, 1.807) is 6.07 Å². The van der Waals surface area contributed by atoms with Gasteiger partial charge >= 0.3 is 0 Å². The van der Waals surface area contributed by atoms with Crippen LogP contribution >= 0.6 is 27.5 Å². The van der Waals surface area contributed by atoms with Gasteiger partial charge in [0.25, 0.3) is 5.69 Å². The molecule has 0 amide bonds. The van der Waals surface area contributed by atoms with Gasteiger partial charge in [0.1, 0.15) is 5.69 Å². The van der Waals surface area contributed by atoms with Crippen LogP contribution in [-0.4, -0.2) is 17.5 Å². The van der Waals surface area contributed by atoms with E-state index in [4.69, 9.17) is 11.6 Å². The van der Waals surface area contributed by atoms with Gasteiger partial charge in [0.05, 0.1) is 9.95 Å². The van der Waals surface area contributed by atoms with Crippen LogP contribution in [0, 0.1) is 10.1 Å². The summed E-state index contributed by atoms with van der Waals surface area (Å²) in [6, 6.07) is 3.47. The molecule has 4 nitrogen and oxygen atoms in total. The Morgan fingerprint density at radius 2 is 2.29 bits per heavy atom. The molecule has 2 rings (SSSR count). The summed E-state index contributed by atoms with van der Waals surface area (Å²) in [6.07, 6.45) is 2.12. The smallest absolute Gasteiger partial charge is 0.293 e. The summed E-state index contributed by atoms with van der Waals surface area (Å²) in [6.45, 7) is 2.92. The van der Waals surface area contributed by atoms with Gasteiger partial charge in [-0.2, -0.15) is 0 Å². The zero-order valence-electron chi connectivity index (χ0n) is 9.32. The monoisotopic (exact) mass is 318 g/mol. The minimum Gasteiger partial charge on any atom is -0.363 e. The maximum Gasteiger partial charge on any atom is 0.293 e. The van der Waals surface area contributed by atoms with Gasteiger partial charge in [0.2, 0.25) is 0 Å². The standard InChI is InChI=1S/C11H12BrClN2O2/c1-7-3-2-4-14(7)10-6-9(13)8(12)5-11(10)15(16)17/h5-7H,2-4H2,1H3/t7-/m1/s1. The first-order chi connectivity index (χ1) is 8.00. The second kappa shape index (κ2) is 4.82. The van der Waals surface area contributed by atoms with Crippen LogP contribution in [0.1, 0.15) is 19.8 Å². The largest absolute Gasteiger partial charge is 0.363 e. The summed E-state index contributed by atoms with van der Waals surface area (Å²) in [4.78, 5) is 12.8. The summed E-state index contributed by atoms with van der Waals surface area (Å²) >= 11 is 9.24. The number of hydrogen-bond donors (Lipinski definition) is 0. The topological polar surface area (TPSA) is 46.4 Å². The van der Waals surface area contributed by atoms with Crippen LogP contribution in [0.2, 0.25) is 5.02 Å². The minimum absolute atomic E-state index is 0.107. The highest BCUT2D eigenvalue weighted by molar-refractivity contribution is 9.10. The number of halogens is 2. The van der Waals surface area contributed by atoms with Crippen molar-refractivity contribution in [2.75, 3.05) is 11.4 Å². The maximum atomic E-state index is 11.1. The summed E-state index contributed by atoms with van der Waals surface area (Å²) in [7, 11) is 0. The molecule has 1 heterocycles. The lowest BCUT2D eigenvalue weighted by molar-refractivity contribution is -0.384. The Labute approximate surface area is 113 Å². The molecule has 0 aromatic heterocycles. The van der Waals surface area contributed by atoms with E-state index in [9.17, 15) is 10.1 Å². The van der Waals surface area contributed by atoms with Gasteiger partial charge in [-0.3, -0.25) is 10.1 Å². The minimum atomic E-state index is -0.360. The Morgan fingerprint density at radius 1 is 1.59 bits per heavy atom. The Bertz CT molecular complexity index is 467. The Hall–Kier alpha value is -0.810. The lowest BCUT2D eigenvalue weighted by atomic mass is 10.2. The van der Waals surface area contributed by atoms with E-state index in [0.717, 1.165) is 19.4 Å². The molecule has 17 heavy (non-hydrogen) atoms. The molecule has 1 saturated heterocycles. The third-order valence-electron chi connectivity index (χ3n) is 3.08. The first-order valence-electron chi connectivity index (χ1n) is 5.41. The van der Waals surface area contributed by atoms with Crippen LogP contribution in [0.3, 0.4) is 0 Å². The van der Waals surface area contributed by atoms with E-state index in [1.807, 2.05) is 0 Å². The molecule has 0 unspecified atom stereocenters. The average molecular weight is 320 g/mol. The molecule has 1 aliphatic rings. The molecule has 0 radical (unpaired) electrons. The molecule has 0 bridgehead atoms. The predicted octanol–water partition coefficient (Wildman–Crippen LogP) is 4.00. The summed E-state index contributed by atoms with van der Waals surface area (Å²) in [5.74, 6) is 0. The Morgan fingerprint density at radius 3 is 2.82 bits per heavy atom. The van der Waals surface area contributed by atoms with E-state index in [1.165, 1.54) is 6.07 Å². The summed E-state index contributed by atoms with van der Waals surface area (Å²) < 4.78 is 0.557. The maximum absolute atomic E-state index is 11.1. The second-order valence-corrected chi connectivity index (χ2v) is 5.46. The van der Waals surface area contributed by atoms with Crippen molar-refractivity contribution in [3.8, 4) is 0 Å². The fourth-order valence-corrected chi connectivity index (χ4v) is 2.68. The van der Waals surface area contributed by atoms with Crippen molar-refractivity contribution >= 4 is 38.9 Å². The van der Waals surface area contributed by atoms with Crippen LogP contribution in [0.5, 0.6) is 0 Å². The molecule has 0 saturated carbocycles. The van der Waals surface area contributed by atoms with E-state index in [2.05, 4.69) is 27.8 Å². The normalized spacial score (nSPS) is 19.7. The first kappa shape index (κ1) is 12.6. The SMILES string of the molecule is C[C@@H]1CCCN1c1cc(Cl)c(Br)cc1[N+](=O)[O-]. The molecule has 0 N–H and O–H groups in total. The van der Waals surface area contributed by atoms with Crippen molar-refractivity contribution in [1.82, 2.24) is 0 Å². The Balaban J connectivity index is 2.51. The Kier molecular flexibility index (Phi) is 3.58. The van der Waals surface area contributed by atoms with Crippen LogP contribution in [0.4, 0.5) is 11.4 Å². The first-order valence-corrected chi connectivity index (χ1v) is 6.58. The van der Waals surface area contributed by atoms with Gasteiger partial charge < -0.3 is 4.90 Å². The second-order valence-electron chi connectivity index (χ2n) is 4.20. The molecule has 1 fully saturated rings. The number of nitro benzene ring substituents is 1. The fourth-order valence-electron chi connectivity index (χ4n) is 2.19. The van der Waals surface area contributed by atoms with E-state index in [-0.39, 0.29) is 10.6 Å². The molecule has 1 aliphatic heterocycles. The zero-order chi connectivity index (χ0) is 12.6. The molecule has 1 aromatic rings. The number of nitro groups is 1. The predicted molar refractivity (Wildman–Crippen MR) is 71.8 cm³/mol. The quantitative estimate of drug-likeness (QED) is 0.611. The third kappa shape index (κ3) is 2.40. The van der Waals surface area contributed by atoms with Gasteiger partial charge in [0.15, 0.2) is 0 Å². The van der Waals surface area contributed by atoms with Crippen LogP contribution in [0.25, 0.3) is 0 Å². The van der Waals surface area contributed by atoms with Crippen molar-refractivity contribution in [3.63, 3.8) is 0 Å². The highest BCUT2D eigenvalue weighted by Gasteiger charge is 2.28. The molecule has 1 atom stereocenters. The molecule has 0 aliphatic carbocycles. The van der Waals surface area contributed by atoms with Crippen molar-refractivity contribution in [2.24, 2.45) is 0 Å². The highest BCUT2D eigenvalue weighted by atomic mass is 79.9. The van der Waals surface area contributed by atoms with E-state index >= 15 is 0 Å². The fraction of sp³-hybridized carbons (Fsp3) is 0.455. The number of anilines is 1. The number of rotatable bonds is 2. The highest BCUT2D eigenvalue weighted by Crippen LogP contribution is 2.39. The van der Waals surface area contributed by atoms with Gasteiger partial charge in [0, 0.05) is 23.1 Å². The molecular weight excluding hydrogens is 307 g/mol. The van der Waals surface area contributed by atoms with Gasteiger partial charge in [-0.1, -0.05) is 11.6 Å². The third-order valence-corrected chi connectivity index (χ3v) is 4.27. The van der Waals surface area contributed by atoms with E-state index in [0.29, 0.717) is 21.2 Å². The number of hydrogen-bond acceptors (Lipinski definition) is 3. The molecule has 6 heteroatoms. The van der Waals surface area contributed by atoms with Gasteiger partial charge in [-0.15, -0.1) is 0 Å². The van der Waals surface area contributed by atoms with Crippen molar-refractivity contribution in [1.29, 1.82) is 0 Å². The lowest BCUT2D eigenvalue weighted by Crippen LogP contribution is -2.27. The summed E-state index contributed by atoms with van der Waals surface area (Å²) in [5.41, 5.74) is 0.725. The number of benzene rings is 1. The lowest BCUT2D eigenvalue weighted by Gasteiger charge is -2.23. The molecule has 92 valence electrons. The molecule has 1 aromatic carbocycles. The van der Waals surface area contributed by atoms with Crippen LogP contribution in [-0.2, 0) is 0 Å². The van der Waals surface area contributed by atoms with Gasteiger partial charge in [-0.05, 0) is 41.8 Å². The molecular formula is C11H12BrClN2O2. The van der Waals surface area contributed by atoms with Crippen molar-refractivity contribution in [3.05, 3.63) is 31.7 Å². The van der Waals surface area contributed by atoms with Gasteiger partial charge in [-0.25, -0.2) is 0 Å². The van der Waals surface area contributed by atoms with Crippen molar-refractivity contribution in [2.45, 2.75) is 25.8 Å². The van der Waals surface area contributed by atoms with Crippen LogP contribution < -0.4 is 4.90 Å². The molecule has 0 spiro atoms. The van der Waals surface area contributed by atoms with Crippen molar-refractivity contribution < 1.29 is 4.92 Å². The summed E-state index contributed by atoms with van der Waals surface area (Å²) in [5, 5.41) is 11.6. The van der Waals surface area contributed by atoms with E-state index < -0.39 is 0 Å². The average Bonchev–Trinajstić information content (AvgIpc) is 2.67. The number of nitrogens with zero attached hydrogens (tertiary/aromatic N) is 2.